The number of aromatic nitrogens is 2. The summed E-state index contributed by atoms with van der Waals surface area (Å²) < 4.78 is 3.16. The maximum Gasteiger partial charge on any atom is 0.0762 e. The van der Waals surface area contributed by atoms with E-state index in [9.17, 15) is 0 Å². The number of nitrogens with zero attached hydrogens (tertiary/aromatic N) is 2. The first-order valence-electron chi connectivity index (χ1n) is 6.11. The Bertz CT molecular complexity index is 490. The molecule has 0 aliphatic heterocycles. The third-order valence-electron chi connectivity index (χ3n) is 2.50. The molecule has 0 atom stereocenters. The van der Waals surface area contributed by atoms with E-state index in [2.05, 4.69) is 58.4 Å². The van der Waals surface area contributed by atoms with Crippen LogP contribution in [0.1, 0.15) is 24.4 Å². The Balaban J connectivity index is 1.86. The maximum atomic E-state index is 4.56. The monoisotopic (exact) mass is 327 g/mol. The number of thiophene rings is 1. The number of nitrogens with one attached hydrogen (secondary N) is 1. The lowest BCUT2D eigenvalue weighted by molar-refractivity contribution is 0.543. The summed E-state index contributed by atoms with van der Waals surface area (Å²) >= 11 is 5.23. The molecular formula is C13H18BrN3S. The summed E-state index contributed by atoms with van der Waals surface area (Å²) in [6.07, 6.45) is 2.04. The molecule has 0 saturated heterocycles. The summed E-state index contributed by atoms with van der Waals surface area (Å²) in [4.78, 5) is 1.31. The van der Waals surface area contributed by atoms with E-state index in [4.69, 9.17) is 0 Å². The van der Waals surface area contributed by atoms with Gasteiger partial charge in [-0.25, -0.2) is 0 Å². The molecule has 0 aromatic carbocycles. The zero-order chi connectivity index (χ0) is 13.0. The van der Waals surface area contributed by atoms with E-state index in [0.29, 0.717) is 5.92 Å². The first-order chi connectivity index (χ1) is 8.63. The van der Waals surface area contributed by atoms with E-state index in [0.717, 1.165) is 25.3 Å². The molecule has 0 radical (unpaired) electrons. The Labute approximate surface area is 120 Å². The fraction of sp³-hybridized carbons (Fsp3) is 0.462. The Morgan fingerprint density at radius 2 is 2.22 bits per heavy atom. The Hall–Kier alpha value is -0.650. The zero-order valence-corrected chi connectivity index (χ0v) is 13.1. The molecule has 0 saturated carbocycles. The van der Waals surface area contributed by atoms with Crippen molar-refractivity contribution in [2.24, 2.45) is 5.92 Å². The molecule has 0 spiro atoms. The second-order valence-corrected chi connectivity index (χ2v) is 7.28. The van der Waals surface area contributed by atoms with Gasteiger partial charge in [0, 0.05) is 17.6 Å². The predicted octanol–water partition coefficient (Wildman–Crippen LogP) is 3.50. The van der Waals surface area contributed by atoms with Crippen molar-refractivity contribution in [2.45, 2.75) is 26.9 Å². The molecule has 18 heavy (non-hydrogen) atoms. The van der Waals surface area contributed by atoms with Gasteiger partial charge in [0.15, 0.2) is 0 Å². The molecule has 98 valence electrons. The van der Waals surface area contributed by atoms with Gasteiger partial charge in [-0.3, -0.25) is 4.68 Å². The minimum absolute atomic E-state index is 0.676. The Morgan fingerprint density at radius 1 is 1.39 bits per heavy atom. The highest BCUT2D eigenvalue weighted by molar-refractivity contribution is 9.11. The molecule has 0 unspecified atom stereocenters. The van der Waals surface area contributed by atoms with Gasteiger partial charge in [-0.15, -0.1) is 11.3 Å². The van der Waals surface area contributed by atoms with Crippen molar-refractivity contribution in [3.8, 4) is 0 Å². The van der Waals surface area contributed by atoms with Gasteiger partial charge in [0.05, 0.1) is 16.0 Å². The highest BCUT2D eigenvalue weighted by Crippen LogP contribution is 2.22. The molecule has 1 N–H and O–H groups in total. The van der Waals surface area contributed by atoms with Gasteiger partial charge in [0.2, 0.25) is 0 Å². The quantitative estimate of drug-likeness (QED) is 0.879. The summed E-state index contributed by atoms with van der Waals surface area (Å²) in [6.45, 7) is 7.14. The van der Waals surface area contributed by atoms with Crippen LogP contribution in [0.15, 0.2) is 28.2 Å². The molecular weight excluding hydrogens is 310 g/mol. The maximum absolute atomic E-state index is 4.56. The van der Waals surface area contributed by atoms with Crippen LogP contribution in [-0.2, 0) is 13.1 Å². The number of hydrogen-bond acceptors (Lipinski definition) is 3. The zero-order valence-electron chi connectivity index (χ0n) is 10.7. The lowest BCUT2D eigenvalue weighted by atomic mass is 10.2. The minimum Gasteiger partial charge on any atom is -0.311 e. The second kappa shape index (κ2) is 6.50. The van der Waals surface area contributed by atoms with Crippen molar-refractivity contribution < 1.29 is 0 Å². The van der Waals surface area contributed by atoms with Crippen LogP contribution in [0.3, 0.4) is 0 Å². The molecule has 0 aliphatic carbocycles. The standard InChI is InChI=1S/C13H18BrN3S/c1-10(2)7-15-8-11-5-6-17(16-11)9-12-3-4-13(14)18-12/h3-6,10,15H,7-9H2,1-2H3. The highest BCUT2D eigenvalue weighted by Gasteiger charge is 2.02. The minimum atomic E-state index is 0.676. The summed E-state index contributed by atoms with van der Waals surface area (Å²) in [5, 5.41) is 7.96. The van der Waals surface area contributed by atoms with Gasteiger partial charge in [-0.2, -0.15) is 5.10 Å². The van der Waals surface area contributed by atoms with E-state index in [1.54, 1.807) is 11.3 Å². The first kappa shape index (κ1) is 13.8. The molecule has 0 fully saturated rings. The highest BCUT2D eigenvalue weighted by atomic mass is 79.9. The Kier molecular flexibility index (Phi) is 4.97. The molecule has 0 amide bonds. The SMILES string of the molecule is CC(C)CNCc1ccn(Cc2ccc(Br)s2)n1. The lowest BCUT2D eigenvalue weighted by Crippen LogP contribution is -2.19. The first-order valence-corrected chi connectivity index (χ1v) is 7.71. The van der Waals surface area contributed by atoms with Gasteiger partial charge >= 0.3 is 0 Å². The smallest absolute Gasteiger partial charge is 0.0762 e. The van der Waals surface area contributed by atoms with Crippen LogP contribution in [0, 0.1) is 5.92 Å². The van der Waals surface area contributed by atoms with Gasteiger partial charge < -0.3 is 5.32 Å². The van der Waals surface area contributed by atoms with Crippen LogP contribution >= 0.6 is 27.3 Å². The molecule has 2 heterocycles. The fourth-order valence-corrected chi connectivity index (χ4v) is 3.15. The van der Waals surface area contributed by atoms with E-state index in [1.807, 2.05) is 10.9 Å². The fourth-order valence-electron chi connectivity index (χ4n) is 1.67. The third-order valence-corrected chi connectivity index (χ3v) is 4.11. The van der Waals surface area contributed by atoms with E-state index >= 15 is 0 Å². The summed E-state index contributed by atoms with van der Waals surface area (Å²) in [7, 11) is 0. The van der Waals surface area contributed by atoms with Gasteiger partial charge in [0.25, 0.3) is 0 Å². The average Bonchev–Trinajstić information content (AvgIpc) is 2.89. The molecule has 2 rings (SSSR count). The van der Waals surface area contributed by atoms with Crippen molar-refractivity contribution in [2.75, 3.05) is 6.54 Å². The predicted molar refractivity (Wildman–Crippen MR) is 79.9 cm³/mol. The Morgan fingerprint density at radius 3 is 2.89 bits per heavy atom. The third kappa shape index (κ3) is 4.23. The largest absolute Gasteiger partial charge is 0.311 e. The second-order valence-electron chi connectivity index (χ2n) is 4.74. The topological polar surface area (TPSA) is 29.9 Å². The number of rotatable bonds is 6. The summed E-state index contributed by atoms with van der Waals surface area (Å²) in [6, 6.07) is 6.29. The lowest BCUT2D eigenvalue weighted by Gasteiger charge is -2.05. The van der Waals surface area contributed by atoms with E-state index in [-0.39, 0.29) is 0 Å². The van der Waals surface area contributed by atoms with Crippen LogP contribution in [0.25, 0.3) is 0 Å². The van der Waals surface area contributed by atoms with Crippen molar-refractivity contribution in [1.29, 1.82) is 0 Å². The van der Waals surface area contributed by atoms with Crippen molar-refractivity contribution >= 4 is 27.3 Å². The van der Waals surface area contributed by atoms with E-state index < -0.39 is 0 Å². The van der Waals surface area contributed by atoms with Gasteiger partial charge in [0.1, 0.15) is 0 Å². The normalized spacial score (nSPS) is 11.3. The van der Waals surface area contributed by atoms with Crippen molar-refractivity contribution in [1.82, 2.24) is 15.1 Å². The summed E-state index contributed by atoms with van der Waals surface area (Å²) in [5.74, 6) is 0.676. The van der Waals surface area contributed by atoms with Crippen LogP contribution < -0.4 is 5.32 Å². The van der Waals surface area contributed by atoms with Crippen molar-refractivity contribution in [3.63, 3.8) is 0 Å². The average molecular weight is 328 g/mol. The van der Waals surface area contributed by atoms with Crippen molar-refractivity contribution in [3.05, 3.63) is 38.8 Å². The van der Waals surface area contributed by atoms with Crippen LogP contribution in [-0.4, -0.2) is 16.3 Å². The van der Waals surface area contributed by atoms with Gasteiger partial charge in [-0.1, -0.05) is 13.8 Å². The van der Waals surface area contributed by atoms with Crippen LogP contribution in [0.4, 0.5) is 0 Å². The number of hydrogen-bond donors (Lipinski definition) is 1. The summed E-state index contributed by atoms with van der Waals surface area (Å²) in [5.41, 5.74) is 1.10. The molecule has 2 aromatic rings. The van der Waals surface area contributed by atoms with E-state index in [1.165, 1.54) is 8.66 Å². The molecule has 0 aliphatic rings. The molecule has 2 aromatic heterocycles. The van der Waals surface area contributed by atoms with Gasteiger partial charge in [-0.05, 0) is 46.6 Å². The van der Waals surface area contributed by atoms with Crippen LogP contribution in [0.2, 0.25) is 0 Å². The number of halogens is 1. The van der Waals surface area contributed by atoms with Crippen LogP contribution in [0.5, 0.6) is 0 Å². The molecule has 5 heteroatoms. The molecule has 3 nitrogen and oxygen atoms in total. The molecule has 0 bridgehead atoms.